The fourth-order valence-corrected chi connectivity index (χ4v) is 6.93. The quantitative estimate of drug-likeness (QED) is 0.220. The molecule has 1 N–H and O–H groups in total. The molecule has 194 valence electrons. The van der Waals surface area contributed by atoms with E-state index in [0.717, 1.165) is 24.2 Å². The lowest BCUT2D eigenvalue weighted by atomic mass is 10.1. The van der Waals surface area contributed by atoms with Crippen LogP contribution in [0.15, 0.2) is 77.7 Å². The Kier molecular flexibility index (Phi) is 7.68. The summed E-state index contributed by atoms with van der Waals surface area (Å²) in [4.78, 5) is 31.3. The molecule has 1 aromatic heterocycles. The van der Waals surface area contributed by atoms with Gasteiger partial charge in [0, 0.05) is 21.2 Å². The number of aromatic nitrogens is 1. The maximum atomic E-state index is 13.3. The number of hydrogen-bond donors (Lipinski definition) is 1. The van der Waals surface area contributed by atoms with Gasteiger partial charge in [0.15, 0.2) is 15.0 Å². The summed E-state index contributed by atoms with van der Waals surface area (Å²) in [5.41, 5.74) is 2.17. The molecule has 0 atom stereocenters. The molecule has 3 aromatic carbocycles. The van der Waals surface area contributed by atoms with Crippen molar-refractivity contribution in [1.82, 2.24) is 4.98 Å². The number of anilines is 1. The van der Waals surface area contributed by atoms with Gasteiger partial charge in [0.2, 0.25) is 11.7 Å². The highest BCUT2D eigenvalue weighted by atomic mass is 35.5. The van der Waals surface area contributed by atoms with Crippen LogP contribution in [0.4, 0.5) is 5.13 Å². The summed E-state index contributed by atoms with van der Waals surface area (Å²) in [6.45, 7) is 0. The molecule has 0 radical (unpaired) electrons. The van der Waals surface area contributed by atoms with Gasteiger partial charge in [-0.05, 0) is 72.9 Å². The maximum absolute atomic E-state index is 13.3. The summed E-state index contributed by atoms with van der Waals surface area (Å²) in [5.74, 6) is -0.159. The van der Waals surface area contributed by atoms with Gasteiger partial charge in [0.25, 0.3) is 0 Å². The Morgan fingerprint density at radius 3 is 2.32 bits per heavy atom. The third-order valence-corrected chi connectivity index (χ3v) is 9.44. The Labute approximate surface area is 234 Å². The van der Waals surface area contributed by atoms with E-state index in [1.807, 2.05) is 0 Å². The minimum atomic E-state index is -3.31. The lowest BCUT2D eigenvalue weighted by molar-refractivity contribution is -0.115. The van der Waals surface area contributed by atoms with E-state index < -0.39 is 9.84 Å². The number of sulfone groups is 1. The second-order valence-corrected chi connectivity index (χ2v) is 13.0. The molecule has 0 spiro atoms. The van der Waals surface area contributed by atoms with Crippen LogP contribution in [-0.4, -0.2) is 30.8 Å². The molecule has 6 nitrogen and oxygen atoms in total. The van der Waals surface area contributed by atoms with Crippen LogP contribution in [0.2, 0.25) is 10.0 Å². The topological polar surface area (TPSA) is 93.2 Å². The molecule has 1 heterocycles. The number of nitrogens with zero attached hydrogens (tertiary/aromatic N) is 1. The number of nitrogens with one attached hydrogen (secondary N) is 1. The molecule has 0 aliphatic heterocycles. The molecule has 4 aromatic rings. The normalized spacial score (nSPS) is 13.3. The summed E-state index contributed by atoms with van der Waals surface area (Å²) in [7, 11) is -3.31. The van der Waals surface area contributed by atoms with Crippen LogP contribution in [0.3, 0.4) is 0 Å². The first-order chi connectivity index (χ1) is 18.2. The number of amides is 1. The van der Waals surface area contributed by atoms with E-state index in [2.05, 4.69) is 10.3 Å². The average Bonchev–Trinajstić information content (AvgIpc) is 3.59. The molecule has 1 aliphatic rings. The van der Waals surface area contributed by atoms with Crippen molar-refractivity contribution in [3.05, 3.63) is 98.8 Å². The van der Waals surface area contributed by atoms with E-state index in [9.17, 15) is 18.0 Å². The molecule has 1 amide bonds. The molecule has 0 unspecified atom stereocenters. The number of carbonyl (C=O) groups excluding carboxylic acids is 2. The molecule has 1 aliphatic carbocycles. The number of halogens is 2. The fraction of sp³-hybridized carbons (Fsp3) is 0.179. The first kappa shape index (κ1) is 26.6. The standard InChI is InChI=1S/C28H22Cl2N2O4S2/c29-21-10-8-19(9-11-21)26(34)27-25(20-2-1-3-22(30)15-20)32-28(37-27)31-24(33)14-17-6-12-23(13-7-17)38(35,36)16-18-4-5-18/h1-3,6-13,15,18H,4-5,14,16H2,(H,31,32,33). The van der Waals surface area contributed by atoms with Crippen LogP contribution in [-0.2, 0) is 21.1 Å². The van der Waals surface area contributed by atoms with Gasteiger partial charge in [-0.3, -0.25) is 9.59 Å². The highest BCUT2D eigenvalue weighted by Crippen LogP contribution is 2.35. The van der Waals surface area contributed by atoms with Gasteiger partial charge in [-0.2, -0.15) is 0 Å². The largest absolute Gasteiger partial charge is 0.302 e. The Morgan fingerprint density at radius 1 is 0.947 bits per heavy atom. The van der Waals surface area contributed by atoms with Crippen molar-refractivity contribution in [1.29, 1.82) is 0 Å². The number of ketones is 1. The monoisotopic (exact) mass is 584 g/mol. The van der Waals surface area contributed by atoms with Crippen LogP contribution in [0.1, 0.15) is 33.6 Å². The predicted molar refractivity (Wildman–Crippen MR) is 151 cm³/mol. The lowest BCUT2D eigenvalue weighted by Gasteiger charge is -2.06. The third-order valence-electron chi connectivity index (χ3n) is 6.08. The summed E-state index contributed by atoms with van der Waals surface area (Å²) >= 11 is 13.2. The van der Waals surface area contributed by atoms with Crippen LogP contribution < -0.4 is 5.32 Å². The van der Waals surface area contributed by atoms with Gasteiger partial charge in [-0.1, -0.05) is 58.8 Å². The summed E-state index contributed by atoms with van der Waals surface area (Å²) in [6, 6.07) is 19.9. The Bertz CT molecular complexity index is 1610. The smallest absolute Gasteiger partial charge is 0.230 e. The summed E-state index contributed by atoms with van der Waals surface area (Å²) in [5, 5.41) is 4.05. The van der Waals surface area contributed by atoms with Gasteiger partial charge in [-0.15, -0.1) is 0 Å². The zero-order valence-corrected chi connectivity index (χ0v) is 23.1. The third kappa shape index (κ3) is 6.32. The van der Waals surface area contributed by atoms with Crippen molar-refractivity contribution in [3.8, 4) is 11.3 Å². The minimum absolute atomic E-state index is 0.0233. The molecular weight excluding hydrogens is 563 g/mol. The molecule has 0 bridgehead atoms. The van der Waals surface area contributed by atoms with Crippen LogP contribution >= 0.6 is 34.5 Å². The highest BCUT2D eigenvalue weighted by Gasteiger charge is 2.29. The number of benzene rings is 3. The summed E-state index contributed by atoms with van der Waals surface area (Å²) < 4.78 is 25.0. The molecule has 5 rings (SSSR count). The first-order valence-corrected chi connectivity index (χ1v) is 15.1. The van der Waals surface area contributed by atoms with Crippen LogP contribution in [0.5, 0.6) is 0 Å². The maximum Gasteiger partial charge on any atom is 0.230 e. The van der Waals surface area contributed by atoms with E-state index in [-0.39, 0.29) is 39.8 Å². The average molecular weight is 586 g/mol. The van der Waals surface area contributed by atoms with Crippen molar-refractivity contribution in [2.45, 2.75) is 24.2 Å². The number of hydrogen-bond acceptors (Lipinski definition) is 6. The zero-order chi connectivity index (χ0) is 26.9. The van der Waals surface area contributed by atoms with Crippen molar-refractivity contribution >= 4 is 61.2 Å². The van der Waals surface area contributed by atoms with Gasteiger partial charge in [-0.25, -0.2) is 13.4 Å². The van der Waals surface area contributed by atoms with Crippen molar-refractivity contribution in [2.24, 2.45) is 5.92 Å². The van der Waals surface area contributed by atoms with Crippen molar-refractivity contribution < 1.29 is 18.0 Å². The second kappa shape index (κ2) is 11.0. The zero-order valence-electron chi connectivity index (χ0n) is 20.0. The Hall–Kier alpha value is -3.04. The van der Waals surface area contributed by atoms with Crippen LogP contribution in [0, 0.1) is 5.92 Å². The lowest BCUT2D eigenvalue weighted by Crippen LogP contribution is -2.14. The highest BCUT2D eigenvalue weighted by molar-refractivity contribution is 7.91. The van der Waals surface area contributed by atoms with E-state index in [4.69, 9.17) is 23.2 Å². The first-order valence-electron chi connectivity index (χ1n) is 11.9. The molecule has 1 fully saturated rings. The molecule has 10 heteroatoms. The predicted octanol–water partition coefficient (Wildman–Crippen LogP) is 6.71. The minimum Gasteiger partial charge on any atom is -0.302 e. The van der Waals surface area contributed by atoms with E-state index in [0.29, 0.717) is 37.3 Å². The van der Waals surface area contributed by atoms with Crippen molar-refractivity contribution in [3.63, 3.8) is 0 Å². The van der Waals surface area contributed by atoms with E-state index in [1.54, 1.807) is 72.8 Å². The Balaban J connectivity index is 1.35. The van der Waals surface area contributed by atoms with Gasteiger partial charge in [0.1, 0.15) is 4.88 Å². The molecule has 0 saturated heterocycles. The fourth-order valence-electron chi connectivity index (χ4n) is 3.95. The van der Waals surface area contributed by atoms with E-state index >= 15 is 0 Å². The number of thiazole rings is 1. The number of rotatable bonds is 9. The van der Waals surface area contributed by atoms with Gasteiger partial charge >= 0.3 is 0 Å². The second-order valence-electron chi connectivity index (χ2n) is 9.14. The summed E-state index contributed by atoms with van der Waals surface area (Å²) in [6.07, 6.45) is 1.94. The van der Waals surface area contributed by atoms with Gasteiger partial charge < -0.3 is 5.32 Å². The van der Waals surface area contributed by atoms with Gasteiger partial charge in [0.05, 0.1) is 22.8 Å². The molecule has 38 heavy (non-hydrogen) atoms. The molecular formula is C28H22Cl2N2O4S2. The van der Waals surface area contributed by atoms with Crippen LogP contribution in [0.25, 0.3) is 11.3 Å². The Morgan fingerprint density at radius 2 is 1.66 bits per heavy atom. The molecule has 1 saturated carbocycles. The van der Waals surface area contributed by atoms with Crippen molar-refractivity contribution in [2.75, 3.05) is 11.1 Å². The number of carbonyl (C=O) groups is 2. The SMILES string of the molecule is O=C(Cc1ccc(S(=O)(=O)CC2CC2)cc1)Nc1nc(-c2cccc(Cl)c2)c(C(=O)c2ccc(Cl)cc2)s1. The van der Waals surface area contributed by atoms with E-state index in [1.165, 1.54) is 0 Å².